The van der Waals surface area contributed by atoms with Gasteiger partial charge in [-0.2, -0.15) is 0 Å². The van der Waals surface area contributed by atoms with Crippen LogP contribution in [0, 0.1) is 5.92 Å². The van der Waals surface area contributed by atoms with Crippen LogP contribution >= 0.6 is 0 Å². The molecule has 0 aromatic rings. The fourth-order valence-electron chi connectivity index (χ4n) is 4.67. The van der Waals surface area contributed by atoms with E-state index in [1.54, 1.807) is 0 Å². The number of hydrogen-bond donors (Lipinski definition) is 1. The molecule has 3 rings (SSSR count). The second-order valence-corrected chi connectivity index (χ2v) is 8.24. The van der Waals surface area contributed by atoms with Gasteiger partial charge in [-0.05, 0) is 52.0 Å². The van der Waals surface area contributed by atoms with E-state index in [1.807, 2.05) is 6.92 Å². The Bertz CT molecular complexity index is 454. The normalized spacial score (nSPS) is 27.7. The molecular weight excluding hydrogens is 314 g/mol. The molecular formula is C20H35N3O2. The largest absolute Gasteiger partial charge is 0.352 e. The summed E-state index contributed by atoms with van der Waals surface area (Å²) < 4.78 is 0. The van der Waals surface area contributed by atoms with Crippen molar-refractivity contribution in [3.8, 4) is 0 Å². The van der Waals surface area contributed by atoms with Crippen molar-refractivity contribution in [1.29, 1.82) is 0 Å². The highest BCUT2D eigenvalue weighted by Crippen LogP contribution is 2.23. The van der Waals surface area contributed by atoms with Crippen molar-refractivity contribution in [2.75, 3.05) is 26.2 Å². The summed E-state index contributed by atoms with van der Waals surface area (Å²) in [5.41, 5.74) is 0. The molecule has 0 bridgehead atoms. The molecule has 1 saturated carbocycles. The van der Waals surface area contributed by atoms with Crippen LogP contribution in [0.1, 0.15) is 71.1 Å². The summed E-state index contributed by atoms with van der Waals surface area (Å²) in [6, 6.07) is 0.245. The van der Waals surface area contributed by atoms with E-state index in [9.17, 15) is 9.59 Å². The standard InChI is InChI=1S/C20H35N3O2/c1-16(19(24)21-18-10-4-5-11-18)23-14-8-9-17(15-23)20(25)22-12-6-2-3-7-13-22/h16-18H,2-15H2,1H3,(H,21,24)/t16-,17+/m0/s1. The zero-order chi connectivity index (χ0) is 17.6. The lowest BCUT2D eigenvalue weighted by molar-refractivity contribution is -0.139. The Balaban J connectivity index is 1.52. The van der Waals surface area contributed by atoms with E-state index in [0.29, 0.717) is 11.9 Å². The van der Waals surface area contributed by atoms with Gasteiger partial charge < -0.3 is 10.2 Å². The van der Waals surface area contributed by atoms with Crippen LogP contribution in [0.3, 0.4) is 0 Å². The third-order valence-electron chi connectivity index (χ3n) is 6.35. The molecule has 2 heterocycles. The van der Waals surface area contributed by atoms with Crippen LogP contribution in [-0.2, 0) is 9.59 Å². The third-order valence-corrected chi connectivity index (χ3v) is 6.35. The summed E-state index contributed by atoms with van der Waals surface area (Å²) in [4.78, 5) is 29.8. The zero-order valence-electron chi connectivity index (χ0n) is 15.8. The molecule has 142 valence electrons. The van der Waals surface area contributed by atoms with Gasteiger partial charge in [0.15, 0.2) is 0 Å². The number of likely N-dealkylation sites (tertiary alicyclic amines) is 2. The molecule has 0 aromatic carbocycles. The van der Waals surface area contributed by atoms with Crippen molar-refractivity contribution in [2.24, 2.45) is 5.92 Å². The summed E-state index contributed by atoms with van der Waals surface area (Å²) >= 11 is 0. The number of nitrogens with one attached hydrogen (secondary N) is 1. The van der Waals surface area contributed by atoms with Crippen LogP contribution in [0.5, 0.6) is 0 Å². The predicted octanol–water partition coefficient (Wildman–Crippen LogP) is 2.55. The molecule has 0 aromatic heterocycles. The third kappa shape index (κ3) is 4.96. The second kappa shape index (κ2) is 9.02. The Morgan fingerprint density at radius 3 is 2.24 bits per heavy atom. The van der Waals surface area contributed by atoms with Crippen molar-refractivity contribution in [3.05, 3.63) is 0 Å². The van der Waals surface area contributed by atoms with Crippen molar-refractivity contribution in [3.63, 3.8) is 0 Å². The molecule has 5 heteroatoms. The first-order valence-electron chi connectivity index (χ1n) is 10.5. The quantitative estimate of drug-likeness (QED) is 0.849. The maximum atomic E-state index is 12.9. The molecule has 0 unspecified atom stereocenters. The topological polar surface area (TPSA) is 52.7 Å². The molecule has 2 amide bonds. The van der Waals surface area contributed by atoms with Gasteiger partial charge in [0.1, 0.15) is 0 Å². The van der Waals surface area contributed by atoms with Gasteiger partial charge in [0.05, 0.1) is 12.0 Å². The fourth-order valence-corrected chi connectivity index (χ4v) is 4.67. The van der Waals surface area contributed by atoms with Gasteiger partial charge in [0.25, 0.3) is 0 Å². The van der Waals surface area contributed by atoms with Gasteiger partial charge in [0, 0.05) is 25.7 Å². The van der Waals surface area contributed by atoms with E-state index in [1.165, 1.54) is 25.7 Å². The number of amides is 2. The predicted molar refractivity (Wildman–Crippen MR) is 99.2 cm³/mol. The van der Waals surface area contributed by atoms with Crippen molar-refractivity contribution < 1.29 is 9.59 Å². The number of nitrogens with zero attached hydrogens (tertiary/aromatic N) is 2. The van der Waals surface area contributed by atoms with Gasteiger partial charge in [-0.3, -0.25) is 14.5 Å². The monoisotopic (exact) mass is 349 g/mol. The Kier molecular flexibility index (Phi) is 6.74. The van der Waals surface area contributed by atoms with Crippen molar-refractivity contribution in [1.82, 2.24) is 15.1 Å². The summed E-state index contributed by atoms with van der Waals surface area (Å²) in [5.74, 6) is 0.554. The molecule has 5 nitrogen and oxygen atoms in total. The van der Waals surface area contributed by atoms with E-state index in [-0.39, 0.29) is 17.9 Å². The Morgan fingerprint density at radius 1 is 0.880 bits per heavy atom. The van der Waals surface area contributed by atoms with Crippen LogP contribution in [-0.4, -0.2) is 59.9 Å². The summed E-state index contributed by atoms with van der Waals surface area (Å²) in [6.07, 6.45) is 11.5. The molecule has 2 atom stereocenters. The van der Waals surface area contributed by atoms with Crippen LogP contribution in [0.25, 0.3) is 0 Å². The Labute approximate surface area is 152 Å². The molecule has 25 heavy (non-hydrogen) atoms. The number of piperidine rings is 1. The van der Waals surface area contributed by atoms with Crippen LogP contribution in [0.4, 0.5) is 0 Å². The molecule has 3 aliphatic rings. The minimum absolute atomic E-state index is 0.0774. The van der Waals surface area contributed by atoms with E-state index in [4.69, 9.17) is 0 Å². The van der Waals surface area contributed by atoms with E-state index in [2.05, 4.69) is 15.1 Å². The van der Waals surface area contributed by atoms with Gasteiger partial charge in [-0.25, -0.2) is 0 Å². The summed E-state index contributed by atoms with van der Waals surface area (Å²) in [7, 11) is 0. The first kappa shape index (κ1) is 18.7. The lowest BCUT2D eigenvalue weighted by atomic mass is 9.95. The minimum atomic E-state index is -0.125. The second-order valence-electron chi connectivity index (χ2n) is 8.24. The molecule has 2 saturated heterocycles. The van der Waals surface area contributed by atoms with E-state index >= 15 is 0 Å². The van der Waals surface area contributed by atoms with E-state index < -0.39 is 0 Å². The maximum absolute atomic E-state index is 12.9. The fraction of sp³-hybridized carbons (Fsp3) is 0.900. The number of hydrogen-bond acceptors (Lipinski definition) is 3. The highest BCUT2D eigenvalue weighted by atomic mass is 16.2. The molecule has 3 fully saturated rings. The lowest BCUT2D eigenvalue weighted by Crippen LogP contribution is -2.53. The molecule has 1 aliphatic carbocycles. The first-order chi connectivity index (χ1) is 12.1. The molecule has 1 N–H and O–H groups in total. The summed E-state index contributed by atoms with van der Waals surface area (Å²) in [5, 5.41) is 3.22. The lowest BCUT2D eigenvalue weighted by Gasteiger charge is -2.37. The van der Waals surface area contributed by atoms with Gasteiger partial charge in [-0.15, -0.1) is 0 Å². The molecule has 0 spiro atoms. The number of carbonyl (C=O) groups is 2. The highest BCUT2D eigenvalue weighted by Gasteiger charge is 2.33. The van der Waals surface area contributed by atoms with Crippen molar-refractivity contribution >= 4 is 11.8 Å². The Hall–Kier alpha value is -1.10. The van der Waals surface area contributed by atoms with Crippen LogP contribution in [0.2, 0.25) is 0 Å². The van der Waals surface area contributed by atoms with Gasteiger partial charge in [-0.1, -0.05) is 25.7 Å². The van der Waals surface area contributed by atoms with E-state index in [0.717, 1.165) is 64.7 Å². The van der Waals surface area contributed by atoms with Crippen LogP contribution < -0.4 is 5.32 Å². The van der Waals surface area contributed by atoms with Gasteiger partial charge in [0.2, 0.25) is 11.8 Å². The van der Waals surface area contributed by atoms with Crippen LogP contribution in [0.15, 0.2) is 0 Å². The Morgan fingerprint density at radius 2 is 1.56 bits per heavy atom. The number of carbonyl (C=O) groups excluding carboxylic acids is 2. The molecule has 2 aliphatic heterocycles. The average molecular weight is 350 g/mol. The average Bonchev–Trinajstić information content (AvgIpc) is 2.99. The van der Waals surface area contributed by atoms with Gasteiger partial charge >= 0.3 is 0 Å². The SMILES string of the molecule is C[C@@H](C(=O)NC1CCCC1)N1CCC[C@@H](C(=O)N2CCCCCC2)C1. The maximum Gasteiger partial charge on any atom is 0.237 e. The van der Waals surface area contributed by atoms with Crippen molar-refractivity contribution in [2.45, 2.75) is 83.2 Å². The summed E-state index contributed by atoms with van der Waals surface area (Å²) in [6.45, 7) is 5.53. The number of rotatable bonds is 4. The smallest absolute Gasteiger partial charge is 0.237 e. The highest BCUT2D eigenvalue weighted by molar-refractivity contribution is 5.82. The first-order valence-corrected chi connectivity index (χ1v) is 10.5. The zero-order valence-corrected chi connectivity index (χ0v) is 15.8. The molecule has 0 radical (unpaired) electrons. The minimum Gasteiger partial charge on any atom is -0.352 e.